The molecule has 0 radical (unpaired) electrons. The molecule has 0 saturated heterocycles. The molecule has 0 spiro atoms. The van der Waals surface area contributed by atoms with Crippen LogP contribution in [0.5, 0.6) is 11.5 Å². The Morgan fingerprint density at radius 3 is 2.79 bits per heavy atom. The molecule has 7 nitrogen and oxygen atoms in total. The lowest BCUT2D eigenvalue weighted by Crippen LogP contribution is -2.12. The maximum atomic E-state index is 12.5. The number of aromatic amines is 1. The van der Waals surface area contributed by atoms with Crippen LogP contribution in [0, 0.1) is 0 Å². The zero-order chi connectivity index (χ0) is 19.5. The zero-order valence-electron chi connectivity index (χ0n) is 15.1. The van der Waals surface area contributed by atoms with Gasteiger partial charge in [0.15, 0.2) is 10.8 Å². The number of rotatable bonds is 6. The van der Waals surface area contributed by atoms with E-state index in [1.165, 1.54) is 11.3 Å². The largest absolute Gasteiger partial charge is 0.497 e. The fourth-order valence-electron chi connectivity index (χ4n) is 2.63. The highest BCUT2D eigenvalue weighted by molar-refractivity contribution is 7.14. The normalized spacial score (nSPS) is 10.6. The van der Waals surface area contributed by atoms with Gasteiger partial charge in [-0.05, 0) is 35.7 Å². The number of hydrogen-bond donors (Lipinski definition) is 2. The fourth-order valence-corrected chi connectivity index (χ4v) is 4.02. The molecule has 28 heavy (non-hydrogen) atoms. The van der Waals surface area contributed by atoms with Crippen LogP contribution < -0.4 is 14.8 Å². The van der Waals surface area contributed by atoms with Gasteiger partial charge in [-0.15, -0.1) is 22.7 Å². The van der Waals surface area contributed by atoms with Gasteiger partial charge in [-0.3, -0.25) is 15.2 Å². The van der Waals surface area contributed by atoms with E-state index in [2.05, 4.69) is 20.5 Å². The van der Waals surface area contributed by atoms with Gasteiger partial charge in [0.05, 0.1) is 30.5 Å². The van der Waals surface area contributed by atoms with Crippen molar-refractivity contribution in [3.63, 3.8) is 0 Å². The van der Waals surface area contributed by atoms with E-state index in [9.17, 15) is 4.79 Å². The van der Waals surface area contributed by atoms with Crippen LogP contribution in [0.2, 0.25) is 0 Å². The molecule has 0 aliphatic carbocycles. The second kappa shape index (κ2) is 7.83. The minimum absolute atomic E-state index is 0.305. The van der Waals surface area contributed by atoms with Gasteiger partial charge in [0.25, 0.3) is 5.91 Å². The molecule has 4 rings (SSSR count). The Bertz CT molecular complexity index is 1100. The van der Waals surface area contributed by atoms with Crippen molar-refractivity contribution in [2.45, 2.75) is 0 Å². The number of carbonyl (C=O) groups is 1. The summed E-state index contributed by atoms with van der Waals surface area (Å²) in [5.41, 5.74) is 2.59. The van der Waals surface area contributed by atoms with Crippen molar-refractivity contribution < 1.29 is 14.3 Å². The number of aromatic nitrogens is 3. The topological polar surface area (TPSA) is 89.1 Å². The predicted molar refractivity (Wildman–Crippen MR) is 111 cm³/mol. The Hall–Kier alpha value is -3.17. The molecule has 1 amide bonds. The molecule has 0 unspecified atom stereocenters. The van der Waals surface area contributed by atoms with Crippen LogP contribution in [0.15, 0.2) is 47.2 Å². The maximum absolute atomic E-state index is 12.5. The molecule has 142 valence electrons. The second-order valence-corrected chi connectivity index (χ2v) is 7.51. The number of methoxy groups -OCH3 is 2. The number of hydrogen-bond acceptors (Lipinski definition) is 7. The van der Waals surface area contributed by atoms with Gasteiger partial charge in [-0.25, -0.2) is 4.98 Å². The number of thiazole rings is 1. The SMILES string of the molecule is COc1ccc(OC)c(-c2csc(NC(=O)c3cc(-c4cccs4)[nH]n3)n2)c1. The van der Waals surface area contributed by atoms with Crippen LogP contribution in [0.3, 0.4) is 0 Å². The van der Waals surface area contributed by atoms with Crippen molar-refractivity contribution in [3.8, 4) is 33.3 Å². The van der Waals surface area contributed by atoms with Crippen molar-refractivity contribution in [2.24, 2.45) is 0 Å². The van der Waals surface area contributed by atoms with Crippen LogP contribution in [0.4, 0.5) is 5.13 Å². The lowest BCUT2D eigenvalue weighted by Gasteiger charge is -2.08. The first-order valence-electron chi connectivity index (χ1n) is 8.26. The number of nitrogens with one attached hydrogen (secondary N) is 2. The highest BCUT2D eigenvalue weighted by Crippen LogP contribution is 2.35. The minimum Gasteiger partial charge on any atom is -0.497 e. The Morgan fingerprint density at radius 2 is 2.04 bits per heavy atom. The summed E-state index contributed by atoms with van der Waals surface area (Å²) in [5.74, 6) is 1.06. The molecular weight excluding hydrogens is 396 g/mol. The number of ether oxygens (including phenoxy) is 2. The lowest BCUT2D eigenvalue weighted by molar-refractivity contribution is 0.102. The molecule has 0 saturated carbocycles. The first-order chi connectivity index (χ1) is 13.7. The fraction of sp³-hybridized carbons (Fsp3) is 0.105. The van der Waals surface area contributed by atoms with Gasteiger partial charge >= 0.3 is 0 Å². The van der Waals surface area contributed by atoms with E-state index in [0.717, 1.165) is 16.1 Å². The van der Waals surface area contributed by atoms with Gasteiger partial charge in [0.1, 0.15) is 11.5 Å². The standard InChI is InChI=1S/C19H16N4O3S2/c1-25-11-5-6-16(26-2)12(8-11)15-10-28-19(20-15)21-18(24)14-9-13(22-23-14)17-4-3-7-27-17/h3-10H,1-2H3,(H,22,23)(H,20,21,24). The average molecular weight is 412 g/mol. The number of H-pyrrole nitrogens is 1. The summed E-state index contributed by atoms with van der Waals surface area (Å²) < 4.78 is 10.7. The molecule has 0 aliphatic rings. The summed E-state index contributed by atoms with van der Waals surface area (Å²) in [5, 5.41) is 14.1. The molecule has 0 atom stereocenters. The first kappa shape index (κ1) is 18.2. The number of thiophene rings is 1. The number of amides is 1. The number of benzene rings is 1. The summed E-state index contributed by atoms with van der Waals surface area (Å²) in [4.78, 5) is 18.0. The van der Waals surface area contributed by atoms with Crippen molar-refractivity contribution in [3.05, 3.63) is 52.9 Å². The highest BCUT2D eigenvalue weighted by Gasteiger charge is 2.16. The predicted octanol–water partition coefficient (Wildman–Crippen LogP) is 4.53. The Kier molecular flexibility index (Phi) is 5.09. The van der Waals surface area contributed by atoms with E-state index >= 15 is 0 Å². The summed E-state index contributed by atoms with van der Waals surface area (Å²) in [6.07, 6.45) is 0. The van der Waals surface area contributed by atoms with E-state index in [4.69, 9.17) is 9.47 Å². The molecule has 4 aromatic rings. The minimum atomic E-state index is -0.322. The van der Waals surface area contributed by atoms with Crippen LogP contribution in [-0.4, -0.2) is 35.3 Å². The van der Waals surface area contributed by atoms with Crippen LogP contribution in [-0.2, 0) is 0 Å². The molecule has 1 aromatic carbocycles. The molecule has 0 aliphatic heterocycles. The van der Waals surface area contributed by atoms with E-state index in [-0.39, 0.29) is 5.91 Å². The third-order valence-electron chi connectivity index (χ3n) is 4.00. The van der Waals surface area contributed by atoms with E-state index in [1.807, 2.05) is 41.1 Å². The van der Waals surface area contributed by atoms with E-state index in [1.54, 1.807) is 31.6 Å². The van der Waals surface area contributed by atoms with Gasteiger partial charge in [-0.1, -0.05) is 6.07 Å². The molecule has 0 bridgehead atoms. The lowest BCUT2D eigenvalue weighted by atomic mass is 10.1. The first-order valence-corrected chi connectivity index (χ1v) is 10.0. The van der Waals surface area contributed by atoms with Gasteiger partial charge < -0.3 is 9.47 Å². The van der Waals surface area contributed by atoms with Crippen molar-refractivity contribution >= 4 is 33.7 Å². The Morgan fingerprint density at radius 1 is 1.14 bits per heavy atom. The summed E-state index contributed by atoms with van der Waals surface area (Å²) in [6, 6.07) is 11.1. The quantitative estimate of drug-likeness (QED) is 0.486. The number of carbonyl (C=O) groups excluding carboxylic acids is 1. The molecule has 3 aromatic heterocycles. The average Bonchev–Trinajstić information content (AvgIpc) is 3.48. The monoisotopic (exact) mass is 412 g/mol. The third-order valence-corrected chi connectivity index (χ3v) is 5.67. The van der Waals surface area contributed by atoms with Crippen LogP contribution >= 0.6 is 22.7 Å². The Labute approximate surface area is 169 Å². The van der Waals surface area contributed by atoms with Crippen LogP contribution in [0.1, 0.15) is 10.5 Å². The molecular formula is C19H16N4O3S2. The molecule has 3 heterocycles. The summed E-state index contributed by atoms with van der Waals surface area (Å²) in [7, 11) is 3.20. The van der Waals surface area contributed by atoms with Gasteiger partial charge in [0, 0.05) is 10.9 Å². The summed E-state index contributed by atoms with van der Waals surface area (Å²) >= 11 is 2.91. The zero-order valence-corrected chi connectivity index (χ0v) is 16.7. The third kappa shape index (κ3) is 3.62. The Balaban J connectivity index is 1.53. The molecule has 9 heteroatoms. The second-order valence-electron chi connectivity index (χ2n) is 5.70. The highest BCUT2D eigenvalue weighted by atomic mass is 32.1. The van der Waals surface area contributed by atoms with Gasteiger partial charge in [0.2, 0.25) is 0 Å². The van der Waals surface area contributed by atoms with E-state index in [0.29, 0.717) is 28.0 Å². The molecule has 2 N–H and O–H groups in total. The van der Waals surface area contributed by atoms with Crippen molar-refractivity contribution in [2.75, 3.05) is 19.5 Å². The molecule has 0 fully saturated rings. The van der Waals surface area contributed by atoms with Crippen LogP contribution in [0.25, 0.3) is 21.8 Å². The number of nitrogens with zero attached hydrogens (tertiary/aromatic N) is 2. The van der Waals surface area contributed by atoms with Gasteiger partial charge in [-0.2, -0.15) is 5.10 Å². The van der Waals surface area contributed by atoms with Crippen molar-refractivity contribution in [1.82, 2.24) is 15.2 Å². The maximum Gasteiger partial charge on any atom is 0.277 e. The van der Waals surface area contributed by atoms with E-state index < -0.39 is 0 Å². The number of anilines is 1. The summed E-state index contributed by atoms with van der Waals surface area (Å²) in [6.45, 7) is 0. The van der Waals surface area contributed by atoms with Crippen molar-refractivity contribution in [1.29, 1.82) is 0 Å². The smallest absolute Gasteiger partial charge is 0.277 e.